The van der Waals surface area contributed by atoms with Crippen LogP contribution in [0, 0.1) is 0 Å². The van der Waals surface area contributed by atoms with E-state index in [4.69, 9.17) is 36.5 Å². The molecule has 11 heteroatoms. The van der Waals surface area contributed by atoms with Gasteiger partial charge >= 0.3 is 15.2 Å². The van der Waals surface area contributed by atoms with Crippen LogP contribution >= 0.6 is 27.0 Å². The molecule has 0 spiro atoms. The molecule has 0 saturated carbocycles. The number of hydrogen-bond donors (Lipinski definition) is 5. The van der Waals surface area contributed by atoms with Crippen LogP contribution in [0.3, 0.4) is 0 Å². The van der Waals surface area contributed by atoms with Gasteiger partial charge in [-0.05, 0) is 18.2 Å². The summed E-state index contributed by atoms with van der Waals surface area (Å²) in [4.78, 5) is 34.9. The summed E-state index contributed by atoms with van der Waals surface area (Å²) < 4.78 is 21.9. The van der Waals surface area contributed by atoms with Crippen LogP contribution in [0.1, 0.15) is 6.42 Å². The predicted molar refractivity (Wildman–Crippen MR) is 52.1 cm³/mol. The molecule has 15 heavy (non-hydrogen) atoms. The van der Waals surface area contributed by atoms with E-state index in [1.165, 1.54) is 0 Å². The maximum Gasteiger partial charge on any atom is 0.356 e. The second kappa shape index (κ2) is 5.72. The number of nitrogens with zero attached hydrogens (tertiary/aromatic N) is 1. The van der Waals surface area contributed by atoms with Gasteiger partial charge in [0.2, 0.25) is 5.52 Å². The fourth-order valence-corrected chi connectivity index (χ4v) is 4.11. The van der Waals surface area contributed by atoms with Crippen molar-refractivity contribution in [1.29, 1.82) is 0 Å². The van der Waals surface area contributed by atoms with Crippen molar-refractivity contribution in [2.24, 2.45) is 0 Å². The third-order valence-corrected chi connectivity index (χ3v) is 5.58. The zero-order chi connectivity index (χ0) is 12.3. The summed E-state index contributed by atoms with van der Waals surface area (Å²) in [5.74, 6) is 0. The van der Waals surface area contributed by atoms with Gasteiger partial charge in [-0.25, -0.2) is 0 Å². The lowest BCUT2D eigenvalue weighted by Crippen LogP contribution is -2.28. The van der Waals surface area contributed by atoms with E-state index in [9.17, 15) is 9.13 Å². The Morgan fingerprint density at radius 2 is 1.53 bits per heavy atom. The van der Waals surface area contributed by atoms with E-state index < -0.39 is 20.7 Å². The van der Waals surface area contributed by atoms with Crippen molar-refractivity contribution in [3.63, 3.8) is 0 Å². The van der Waals surface area contributed by atoms with Gasteiger partial charge in [0.25, 0.3) is 0 Å². The van der Waals surface area contributed by atoms with Crippen molar-refractivity contribution in [2.75, 3.05) is 13.2 Å². The Bertz CT molecular complexity index is 265. The minimum absolute atomic E-state index is 0.0417. The van der Waals surface area contributed by atoms with E-state index >= 15 is 0 Å². The van der Waals surface area contributed by atoms with Gasteiger partial charge in [-0.15, -0.1) is 0 Å². The van der Waals surface area contributed by atoms with Crippen LogP contribution in [0.15, 0.2) is 0 Å². The number of hydrogen-bond acceptors (Lipinski definition) is 4. The zero-order valence-corrected chi connectivity index (χ0v) is 10.0. The van der Waals surface area contributed by atoms with Crippen molar-refractivity contribution in [2.45, 2.75) is 11.9 Å². The topological polar surface area (TPSA) is 139 Å². The van der Waals surface area contributed by atoms with Gasteiger partial charge in [0.1, 0.15) is 0 Å². The molecular formula is C4H12ClNO7P2. The van der Waals surface area contributed by atoms with Gasteiger partial charge in [-0.1, -0.05) is 0 Å². The highest BCUT2D eigenvalue weighted by atomic mass is 35.5. The van der Waals surface area contributed by atoms with Crippen LogP contribution < -0.4 is 0 Å². The first-order valence-corrected chi connectivity index (χ1v) is 7.44. The van der Waals surface area contributed by atoms with E-state index in [1.807, 2.05) is 0 Å². The van der Waals surface area contributed by atoms with Crippen LogP contribution in [0.25, 0.3) is 0 Å². The van der Waals surface area contributed by atoms with E-state index in [-0.39, 0.29) is 19.6 Å². The molecule has 92 valence electrons. The molecule has 0 bridgehead atoms. The third kappa shape index (κ3) is 5.40. The fourth-order valence-electron chi connectivity index (χ4n) is 0.860. The highest BCUT2D eigenvalue weighted by molar-refractivity contribution is 7.70. The lowest BCUT2D eigenvalue weighted by molar-refractivity contribution is 0.256. The Hall–Kier alpha value is 0.510. The quantitative estimate of drug-likeness (QED) is 0.324. The molecule has 8 nitrogen and oxygen atoms in total. The van der Waals surface area contributed by atoms with Crippen LogP contribution in [0.4, 0.5) is 0 Å². The average Bonchev–Trinajstić information content (AvgIpc) is 1.94. The number of aliphatic hydroxyl groups excluding tert-OH is 1. The van der Waals surface area contributed by atoms with Gasteiger partial charge in [0.05, 0.1) is 0 Å². The molecule has 0 aromatic rings. The highest BCUT2D eigenvalue weighted by Gasteiger charge is 2.47. The van der Waals surface area contributed by atoms with E-state index in [1.54, 1.807) is 0 Å². The highest BCUT2D eigenvalue weighted by Crippen LogP contribution is 2.61. The summed E-state index contributed by atoms with van der Waals surface area (Å²) in [5.41, 5.74) is -2.38. The molecule has 0 amide bonds. The molecule has 0 aliphatic rings. The third-order valence-electron chi connectivity index (χ3n) is 1.38. The first-order chi connectivity index (χ1) is 6.60. The van der Waals surface area contributed by atoms with Gasteiger partial charge in [-0.3, -0.25) is 9.13 Å². The first-order valence-electron chi connectivity index (χ1n) is 3.74. The van der Waals surface area contributed by atoms with Crippen molar-refractivity contribution in [1.82, 2.24) is 4.42 Å². The zero-order valence-electron chi connectivity index (χ0n) is 7.47. The monoisotopic (exact) mass is 283 g/mol. The maximum atomic E-state index is 10.8. The molecule has 0 aromatic heterocycles. The summed E-state index contributed by atoms with van der Waals surface area (Å²) in [6, 6.07) is 0. The second-order valence-corrected chi connectivity index (χ2v) is 6.90. The molecular weight excluding hydrogens is 271 g/mol. The minimum atomic E-state index is -5.04. The molecule has 0 radical (unpaired) electrons. The fraction of sp³-hybridized carbons (Fsp3) is 1.00. The van der Waals surface area contributed by atoms with E-state index in [0.717, 1.165) is 0 Å². The summed E-state index contributed by atoms with van der Waals surface area (Å²) in [6.07, 6.45) is 0.0417. The molecule has 5 N–H and O–H groups in total. The predicted octanol–water partition coefficient (Wildman–Crippen LogP) is -0.536. The molecule has 0 aliphatic heterocycles. The van der Waals surface area contributed by atoms with Crippen molar-refractivity contribution >= 4 is 27.0 Å². The summed E-state index contributed by atoms with van der Waals surface area (Å²) >= 11 is 5.33. The minimum Gasteiger partial charge on any atom is -0.396 e. The van der Waals surface area contributed by atoms with Crippen molar-refractivity contribution < 1.29 is 33.8 Å². The second-order valence-electron chi connectivity index (χ2n) is 2.73. The van der Waals surface area contributed by atoms with Gasteiger partial charge < -0.3 is 24.7 Å². The van der Waals surface area contributed by atoms with Crippen LogP contribution in [0.2, 0.25) is 0 Å². The SMILES string of the molecule is O=P(O)(O)C(N(Cl)CCCO)P(=O)(O)O. The number of aliphatic hydroxyl groups is 1. The molecule has 0 saturated heterocycles. The largest absolute Gasteiger partial charge is 0.396 e. The van der Waals surface area contributed by atoms with E-state index in [2.05, 4.69) is 0 Å². The molecule has 0 heterocycles. The molecule has 0 aliphatic carbocycles. The smallest absolute Gasteiger partial charge is 0.356 e. The van der Waals surface area contributed by atoms with E-state index in [0.29, 0.717) is 4.42 Å². The Morgan fingerprint density at radius 3 is 1.80 bits per heavy atom. The molecule has 0 rings (SSSR count). The van der Waals surface area contributed by atoms with Crippen molar-refractivity contribution in [3.8, 4) is 0 Å². The standard InChI is InChI=1S/C4H12ClNO7P2/c5-6(2-1-3-7)4(14(8,9)10)15(11,12)13/h4,7H,1-3H2,(H2,8,9,10)(H2,11,12,13). The Labute approximate surface area is 90.9 Å². The lowest BCUT2D eigenvalue weighted by atomic mass is 10.5. The van der Waals surface area contributed by atoms with Gasteiger partial charge in [0.15, 0.2) is 0 Å². The van der Waals surface area contributed by atoms with Crippen LogP contribution in [0.5, 0.6) is 0 Å². The normalized spacial score (nSPS) is 13.9. The van der Waals surface area contributed by atoms with Crippen LogP contribution in [-0.2, 0) is 9.13 Å². The maximum absolute atomic E-state index is 10.8. The number of rotatable bonds is 6. The summed E-state index contributed by atoms with van der Waals surface area (Å²) in [7, 11) is -10.1. The molecule has 0 unspecified atom stereocenters. The summed E-state index contributed by atoms with van der Waals surface area (Å²) in [6.45, 7) is -0.558. The Balaban J connectivity index is 4.82. The molecule has 0 atom stereocenters. The summed E-state index contributed by atoms with van der Waals surface area (Å²) in [5, 5.41) is 8.43. The Kier molecular flexibility index (Phi) is 5.92. The van der Waals surface area contributed by atoms with Gasteiger partial charge in [0, 0.05) is 13.2 Å². The lowest BCUT2D eigenvalue weighted by Gasteiger charge is -2.26. The van der Waals surface area contributed by atoms with Crippen LogP contribution in [-0.4, -0.2) is 47.8 Å². The molecule has 0 fully saturated rings. The Morgan fingerprint density at radius 1 is 1.13 bits per heavy atom. The average molecular weight is 284 g/mol. The van der Waals surface area contributed by atoms with Gasteiger partial charge in [-0.2, -0.15) is 4.42 Å². The first kappa shape index (κ1) is 15.5. The number of halogens is 1. The molecule has 0 aromatic carbocycles. The van der Waals surface area contributed by atoms with Crippen molar-refractivity contribution in [3.05, 3.63) is 0 Å².